The number of halogens is 1. The molecule has 1 unspecified atom stereocenters. The van der Waals surface area contributed by atoms with Crippen LogP contribution in [0.1, 0.15) is 51.3 Å². The van der Waals surface area contributed by atoms with E-state index in [9.17, 15) is 9.59 Å². The Balaban J connectivity index is 1.75. The Labute approximate surface area is 235 Å². The molecule has 8 heteroatoms. The van der Waals surface area contributed by atoms with Crippen molar-refractivity contribution in [2.24, 2.45) is 4.99 Å². The minimum Gasteiger partial charge on any atom is -0.493 e. The van der Waals surface area contributed by atoms with E-state index >= 15 is 0 Å². The minimum absolute atomic E-state index is 0.240. The van der Waals surface area contributed by atoms with Crippen LogP contribution in [0.4, 0.5) is 0 Å². The first kappa shape index (κ1) is 26.9. The molecule has 0 amide bonds. The summed E-state index contributed by atoms with van der Waals surface area (Å²) in [6.07, 6.45) is 2.42. The van der Waals surface area contributed by atoms with Crippen LogP contribution in [-0.2, 0) is 9.53 Å². The monoisotopic (exact) mass is 560 g/mol. The number of aromatic nitrogens is 1. The number of thiazole rings is 1. The van der Waals surface area contributed by atoms with Gasteiger partial charge in [-0.3, -0.25) is 9.36 Å². The summed E-state index contributed by atoms with van der Waals surface area (Å²) in [5.41, 5.74) is 2.20. The summed E-state index contributed by atoms with van der Waals surface area (Å²) in [5.74, 6) is 0.220. The van der Waals surface area contributed by atoms with E-state index in [1.54, 1.807) is 37.5 Å². The second-order valence-corrected chi connectivity index (χ2v) is 11.1. The van der Waals surface area contributed by atoms with E-state index in [2.05, 4.69) is 11.9 Å². The molecule has 39 heavy (non-hydrogen) atoms. The fourth-order valence-corrected chi connectivity index (χ4v) is 5.87. The summed E-state index contributed by atoms with van der Waals surface area (Å²) in [6, 6.07) is 18.4. The smallest absolute Gasteiger partial charge is 0.338 e. The van der Waals surface area contributed by atoms with E-state index in [1.165, 1.54) is 11.3 Å². The Hall–Kier alpha value is -3.68. The molecule has 2 heterocycles. The van der Waals surface area contributed by atoms with Gasteiger partial charge in [0.15, 0.2) is 4.80 Å². The fourth-order valence-electron chi connectivity index (χ4n) is 4.71. The van der Waals surface area contributed by atoms with Crippen molar-refractivity contribution in [3.8, 4) is 5.75 Å². The highest BCUT2D eigenvalue weighted by molar-refractivity contribution is 7.07. The summed E-state index contributed by atoms with van der Waals surface area (Å²) in [6.45, 7) is 7.99. The summed E-state index contributed by atoms with van der Waals surface area (Å²) >= 11 is 7.46. The van der Waals surface area contributed by atoms with Crippen molar-refractivity contribution >= 4 is 45.8 Å². The first-order valence-electron chi connectivity index (χ1n) is 12.9. The van der Waals surface area contributed by atoms with Crippen molar-refractivity contribution in [2.75, 3.05) is 6.61 Å². The molecule has 1 atom stereocenters. The minimum atomic E-state index is -0.699. The van der Waals surface area contributed by atoms with Gasteiger partial charge in [0.05, 0.1) is 34.6 Å². The molecule has 0 aliphatic carbocycles. The molecule has 1 aliphatic rings. The van der Waals surface area contributed by atoms with Crippen LogP contribution in [-0.4, -0.2) is 23.2 Å². The lowest BCUT2D eigenvalue weighted by atomic mass is 9.96. The third-order valence-electron chi connectivity index (χ3n) is 6.44. The van der Waals surface area contributed by atoms with Gasteiger partial charge >= 0.3 is 5.97 Å². The molecule has 0 radical (unpaired) electrons. The average molecular weight is 561 g/mol. The largest absolute Gasteiger partial charge is 0.493 e. The molecule has 0 fully saturated rings. The number of ether oxygens (including phenoxy) is 2. The zero-order valence-electron chi connectivity index (χ0n) is 22.2. The quantitative estimate of drug-likeness (QED) is 0.269. The molecule has 1 aliphatic heterocycles. The Bertz CT molecular complexity index is 1770. The number of esters is 1. The average Bonchev–Trinajstić information content (AvgIpc) is 3.21. The maximum Gasteiger partial charge on any atom is 0.338 e. The Morgan fingerprint density at radius 3 is 2.59 bits per heavy atom. The molecule has 200 valence electrons. The lowest BCUT2D eigenvalue weighted by Gasteiger charge is -2.25. The zero-order valence-corrected chi connectivity index (χ0v) is 23.8. The molecule has 5 rings (SSSR count). The highest BCUT2D eigenvalue weighted by atomic mass is 35.5. The van der Waals surface area contributed by atoms with Gasteiger partial charge < -0.3 is 9.47 Å². The van der Waals surface area contributed by atoms with Crippen molar-refractivity contribution in [2.45, 2.75) is 46.3 Å². The maximum atomic E-state index is 14.1. The molecule has 0 bridgehead atoms. The van der Waals surface area contributed by atoms with E-state index in [0.29, 0.717) is 38.0 Å². The van der Waals surface area contributed by atoms with Crippen LogP contribution in [0.2, 0.25) is 5.02 Å². The number of nitrogens with zero attached hydrogens (tertiary/aromatic N) is 2. The van der Waals surface area contributed by atoms with Gasteiger partial charge in [-0.05, 0) is 67.8 Å². The van der Waals surface area contributed by atoms with Crippen LogP contribution in [0.15, 0.2) is 81.7 Å². The third-order valence-corrected chi connectivity index (χ3v) is 7.67. The summed E-state index contributed by atoms with van der Waals surface area (Å²) in [4.78, 5) is 32.5. The number of benzene rings is 3. The van der Waals surface area contributed by atoms with Crippen LogP contribution < -0.4 is 19.6 Å². The van der Waals surface area contributed by atoms with Crippen molar-refractivity contribution in [3.63, 3.8) is 0 Å². The third kappa shape index (κ3) is 5.29. The van der Waals surface area contributed by atoms with E-state index in [4.69, 9.17) is 21.1 Å². The Morgan fingerprint density at radius 1 is 1.13 bits per heavy atom. The SMILES string of the molecule is CCCOc1ccc2ccccc2c1C=c1sc2n(c1=O)C(c1ccc(Cl)cc1)C(C(=O)OC(C)C)=C(C)N=2. The number of carbonyl (C=O) groups is 1. The summed E-state index contributed by atoms with van der Waals surface area (Å²) < 4.78 is 13.7. The lowest BCUT2D eigenvalue weighted by Crippen LogP contribution is -2.40. The fraction of sp³-hybridized carbons (Fsp3) is 0.258. The van der Waals surface area contributed by atoms with Gasteiger partial charge in [0.1, 0.15) is 5.75 Å². The molecular formula is C31H29ClN2O4S. The van der Waals surface area contributed by atoms with Gasteiger partial charge in [0.2, 0.25) is 0 Å². The van der Waals surface area contributed by atoms with E-state index in [-0.39, 0.29) is 11.7 Å². The summed E-state index contributed by atoms with van der Waals surface area (Å²) in [7, 11) is 0. The molecule has 1 aromatic heterocycles. The molecule has 6 nitrogen and oxygen atoms in total. The van der Waals surface area contributed by atoms with Gasteiger partial charge in [0.25, 0.3) is 5.56 Å². The molecule has 0 saturated heterocycles. The van der Waals surface area contributed by atoms with E-state index in [0.717, 1.165) is 28.3 Å². The molecule has 0 saturated carbocycles. The van der Waals surface area contributed by atoms with Crippen LogP contribution in [0, 0.1) is 0 Å². The number of carbonyl (C=O) groups excluding carboxylic acids is 1. The van der Waals surface area contributed by atoms with Gasteiger partial charge in [-0.25, -0.2) is 9.79 Å². The second-order valence-electron chi connectivity index (χ2n) is 9.63. The first-order chi connectivity index (χ1) is 18.8. The topological polar surface area (TPSA) is 69.9 Å². The highest BCUT2D eigenvalue weighted by Crippen LogP contribution is 2.32. The molecule has 3 aromatic carbocycles. The lowest BCUT2D eigenvalue weighted by molar-refractivity contribution is -0.143. The van der Waals surface area contributed by atoms with Crippen LogP contribution >= 0.6 is 22.9 Å². The van der Waals surface area contributed by atoms with Gasteiger partial charge in [-0.15, -0.1) is 0 Å². The Kier molecular flexibility index (Phi) is 7.73. The van der Waals surface area contributed by atoms with Gasteiger partial charge in [-0.1, -0.05) is 72.3 Å². The number of hydrogen-bond donors (Lipinski definition) is 0. The summed E-state index contributed by atoms with van der Waals surface area (Å²) in [5, 5.41) is 2.60. The molecule has 0 spiro atoms. The van der Waals surface area contributed by atoms with Gasteiger partial charge in [-0.2, -0.15) is 0 Å². The van der Waals surface area contributed by atoms with Crippen LogP contribution in [0.25, 0.3) is 16.8 Å². The maximum absolute atomic E-state index is 14.1. The first-order valence-corrected chi connectivity index (χ1v) is 14.1. The molecular weight excluding hydrogens is 532 g/mol. The van der Waals surface area contributed by atoms with Crippen LogP contribution in [0.3, 0.4) is 0 Å². The number of fused-ring (bicyclic) bond motifs is 2. The van der Waals surface area contributed by atoms with E-state index < -0.39 is 12.0 Å². The zero-order chi connectivity index (χ0) is 27.7. The van der Waals surface area contributed by atoms with Crippen molar-refractivity contribution in [1.82, 2.24) is 4.57 Å². The normalized spacial score (nSPS) is 15.4. The Morgan fingerprint density at radius 2 is 1.87 bits per heavy atom. The second kappa shape index (κ2) is 11.2. The van der Waals surface area contributed by atoms with Crippen molar-refractivity contribution in [3.05, 3.63) is 108 Å². The molecule has 0 N–H and O–H groups in total. The number of hydrogen-bond acceptors (Lipinski definition) is 6. The highest BCUT2D eigenvalue weighted by Gasteiger charge is 2.33. The molecule has 4 aromatic rings. The number of rotatable bonds is 7. The van der Waals surface area contributed by atoms with Crippen molar-refractivity contribution in [1.29, 1.82) is 0 Å². The van der Waals surface area contributed by atoms with Crippen molar-refractivity contribution < 1.29 is 14.3 Å². The van der Waals surface area contributed by atoms with Crippen LogP contribution in [0.5, 0.6) is 5.75 Å². The number of allylic oxidation sites excluding steroid dienone is 1. The standard InChI is InChI=1S/C31H29ClN2O4S/c1-5-16-37-25-15-12-20-8-6-7-9-23(20)24(25)17-26-29(35)34-28(21-10-13-22(32)14-11-21)27(30(36)38-18(2)3)19(4)33-31(34)39-26/h6-15,17-18,28H,5,16H2,1-4H3. The van der Waals surface area contributed by atoms with Gasteiger partial charge in [0, 0.05) is 10.6 Å². The van der Waals surface area contributed by atoms with E-state index in [1.807, 2.05) is 54.6 Å². The predicted molar refractivity (Wildman–Crippen MR) is 156 cm³/mol. The predicted octanol–water partition coefficient (Wildman–Crippen LogP) is 5.78.